The Hall–Kier alpha value is -3.29. The summed E-state index contributed by atoms with van der Waals surface area (Å²) in [5, 5.41) is 3.53. The zero-order chi connectivity index (χ0) is 22.8. The van der Waals surface area contributed by atoms with E-state index < -0.39 is 51.9 Å². The molecule has 1 aromatic heterocycles. The van der Waals surface area contributed by atoms with E-state index >= 15 is 0 Å². The third kappa shape index (κ3) is 4.57. The highest BCUT2D eigenvalue weighted by Crippen LogP contribution is 2.39. The van der Waals surface area contributed by atoms with Crippen LogP contribution in [0.4, 0.5) is 0 Å². The van der Waals surface area contributed by atoms with Crippen molar-refractivity contribution in [3.8, 4) is 0 Å². The first-order chi connectivity index (χ1) is 14.6. The van der Waals surface area contributed by atoms with Gasteiger partial charge in [0.2, 0.25) is 11.5 Å². The molecule has 164 valence electrons. The molecule has 0 spiro atoms. The molecule has 31 heavy (non-hydrogen) atoms. The Kier molecular flexibility index (Phi) is 6.10. The summed E-state index contributed by atoms with van der Waals surface area (Å²) < 4.78 is 41.9. The average molecular weight is 451 g/mol. The number of benzene rings is 1. The number of ketones is 1. The van der Waals surface area contributed by atoms with Crippen molar-refractivity contribution in [2.45, 2.75) is 31.2 Å². The van der Waals surface area contributed by atoms with Crippen LogP contribution in [0, 0.1) is 6.92 Å². The molecule has 0 radical (unpaired) electrons. The fourth-order valence-electron chi connectivity index (χ4n) is 3.33. The lowest BCUT2D eigenvalue weighted by molar-refractivity contribution is -0.0839. The van der Waals surface area contributed by atoms with E-state index in [1.807, 2.05) is 0 Å². The van der Waals surface area contributed by atoms with Crippen LogP contribution in [-0.2, 0) is 25.0 Å². The van der Waals surface area contributed by atoms with E-state index in [1.165, 1.54) is 19.1 Å². The van der Waals surface area contributed by atoms with Gasteiger partial charge in [0.15, 0.2) is 0 Å². The molecule has 2 heterocycles. The van der Waals surface area contributed by atoms with Gasteiger partial charge in [-0.3, -0.25) is 23.7 Å². The number of rotatable bonds is 7. The largest absolute Gasteiger partial charge is 0.397 e. The third-order valence-corrected chi connectivity index (χ3v) is 5.18. The topological polar surface area (TPSA) is 194 Å². The van der Waals surface area contributed by atoms with Crippen LogP contribution < -0.4 is 11.2 Å². The zero-order valence-corrected chi connectivity index (χ0v) is 16.9. The summed E-state index contributed by atoms with van der Waals surface area (Å²) >= 11 is 0. The molecule has 2 N–H and O–H groups in total. The number of nitrogens with one attached hydrogen (secondary N) is 1. The Labute approximate surface area is 174 Å². The number of azide groups is 1. The zero-order valence-electron chi connectivity index (χ0n) is 16.0. The molecular weight excluding hydrogens is 434 g/mol. The van der Waals surface area contributed by atoms with Crippen LogP contribution in [-0.4, -0.2) is 47.1 Å². The number of aryl methyl sites for hydroxylation is 1. The van der Waals surface area contributed by atoms with E-state index in [0.29, 0.717) is 0 Å². The van der Waals surface area contributed by atoms with Crippen molar-refractivity contribution in [1.29, 1.82) is 0 Å². The molecule has 2 aromatic rings. The van der Waals surface area contributed by atoms with Crippen molar-refractivity contribution in [2.24, 2.45) is 5.11 Å². The van der Waals surface area contributed by atoms with Crippen molar-refractivity contribution < 1.29 is 26.7 Å². The summed E-state index contributed by atoms with van der Waals surface area (Å²) in [5.41, 5.74) is 5.43. The Morgan fingerprint density at radius 3 is 2.71 bits per heavy atom. The number of H-pyrrole nitrogens is 1. The van der Waals surface area contributed by atoms with Crippen molar-refractivity contribution in [1.82, 2.24) is 9.55 Å². The fraction of sp³-hybridized carbons (Fsp3) is 0.353. The van der Waals surface area contributed by atoms with E-state index in [4.69, 9.17) is 14.8 Å². The molecule has 1 fully saturated rings. The van der Waals surface area contributed by atoms with Gasteiger partial charge in [-0.25, -0.2) is 8.98 Å². The number of ether oxygens (including phenoxy) is 1. The third-order valence-electron chi connectivity index (χ3n) is 4.74. The number of carbonyl (C=O) groups is 1. The van der Waals surface area contributed by atoms with Crippen molar-refractivity contribution in [3.05, 3.63) is 78.9 Å². The van der Waals surface area contributed by atoms with Crippen LogP contribution in [0.25, 0.3) is 10.4 Å². The van der Waals surface area contributed by atoms with Gasteiger partial charge < -0.3 is 4.74 Å². The summed E-state index contributed by atoms with van der Waals surface area (Å²) in [4.78, 5) is 42.7. The van der Waals surface area contributed by atoms with Crippen LogP contribution in [0.15, 0.2) is 51.2 Å². The lowest BCUT2D eigenvalue weighted by Gasteiger charge is -2.30. The standard InChI is InChI=1S/C17H17N5O8S/c1-10-8-22(16(25)19-15(10)24)17(14(23)11-5-3-2-4-6-11)7-12(20-21-18)13(30-17)9-29-31(26,27)28/h2-6,8,12-13H,7,9H2,1H3,(H,19,24,25)(H,26,27,28)/t12-,13+,17-/m0/s1. The Balaban J connectivity index is 2.18. The van der Waals surface area contributed by atoms with Gasteiger partial charge in [0.05, 0.1) is 18.8 Å². The maximum absolute atomic E-state index is 13.5. The van der Waals surface area contributed by atoms with Crippen molar-refractivity contribution >= 4 is 16.2 Å². The number of carbonyl (C=O) groups excluding carboxylic acids is 1. The molecule has 1 aliphatic heterocycles. The number of aromatic nitrogens is 2. The molecule has 0 saturated carbocycles. The highest BCUT2D eigenvalue weighted by atomic mass is 32.3. The summed E-state index contributed by atoms with van der Waals surface area (Å²) in [5.74, 6) is -0.700. The maximum atomic E-state index is 13.5. The van der Waals surface area contributed by atoms with E-state index in [9.17, 15) is 22.8 Å². The second-order valence-corrected chi connectivity index (χ2v) is 7.86. The van der Waals surface area contributed by atoms with E-state index in [1.54, 1.807) is 18.2 Å². The predicted molar refractivity (Wildman–Crippen MR) is 105 cm³/mol. The molecule has 3 atom stereocenters. The van der Waals surface area contributed by atoms with Gasteiger partial charge in [-0.2, -0.15) is 8.42 Å². The first-order valence-corrected chi connectivity index (χ1v) is 10.2. The van der Waals surface area contributed by atoms with Crippen LogP contribution >= 0.6 is 0 Å². The van der Waals surface area contributed by atoms with Gasteiger partial charge >= 0.3 is 16.1 Å². The molecule has 13 nitrogen and oxygen atoms in total. The van der Waals surface area contributed by atoms with Gasteiger partial charge in [-0.15, -0.1) is 0 Å². The second-order valence-electron chi connectivity index (χ2n) is 6.77. The number of nitrogens with zero attached hydrogens (tertiary/aromatic N) is 4. The SMILES string of the molecule is Cc1cn([C@@]2(C(=O)c3ccccc3)C[C@H](N=[N+]=[N-])[C@@H](COS(=O)(=O)O)O2)c(=O)[nH]c1=O. The first kappa shape index (κ1) is 22.4. The Morgan fingerprint density at radius 2 is 2.10 bits per heavy atom. The number of Topliss-reactive ketones (excluding diaryl/α,β-unsaturated/α-hetero) is 1. The molecular formula is C17H17N5O8S. The van der Waals surface area contributed by atoms with E-state index in [2.05, 4.69) is 19.2 Å². The highest BCUT2D eigenvalue weighted by Gasteiger charge is 2.54. The monoisotopic (exact) mass is 451 g/mol. The van der Waals surface area contributed by atoms with Crippen LogP contribution in [0.1, 0.15) is 22.3 Å². The normalized spacial score (nSPS) is 23.3. The van der Waals surface area contributed by atoms with Gasteiger partial charge in [0.1, 0.15) is 0 Å². The molecule has 1 aliphatic rings. The fourth-order valence-corrected chi connectivity index (χ4v) is 3.64. The summed E-state index contributed by atoms with van der Waals surface area (Å²) in [6, 6.07) is 6.64. The molecule has 1 aromatic carbocycles. The highest BCUT2D eigenvalue weighted by molar-refractivity contribution is 7.80. The van der Waals surface area contributed by atoms with Crippen LogP contribution in [0.2, 0.25) is 0 Å². The smallest absolute Gasteiger partial charge is 0.342 e. The minimum Gasteiger partial charge on any atom is -0.342 e. The van der Waals surface area contributed by atoms with E-state index in [-0.39, 0.29) is 17.5 Å². The van der Waals surface area contributed by atoms with Crippen molar-refractivity contribution in [3.63, 3.8) is 0 Å². The molecule has 0 unspecified atom stereocenters. The second kappa shape index (κ2) is 8.45. The van der Waals surface area contributed by atoms with Gasteiger partial charge in [0, 0.05) is 28.7 Å². The first-order valence-electron chi connectivity index (χ1n) is 8.84. The minimum atomic E-state index is -4.86. The Morgan fingerprint density at radius 1 is 1.42 bits per heavy atom. The molecule has 1 saturated heterocycles. The number of hydrogen-bond acceptors (Lipinski definition) is 8. The van der Waals surface area contributed by atoms with Gasteiger partial charge in [0.25, 0.3) is 5.56 Å². The number of hydrogen-bond donors (Lipinski definition) is 2. The summed E-state index contributed by atoms with van der Waals surface area (Å²) in [7, 11) is -4.86. The van der Waals surface area contributed by atoms with Gasteiger partial charge in [-0.05, 0) is 12.5 Å². The molecule has 3 rings (SSSR count). The van der Waals surface area contributed by atoms with Crippen LogP contribution in [0.5, 0.6) is 0 Å². The molecule has 0 bridgehead atoms. The maximum Gasteiger partial charge on any atom is 0.397 e. The minimum absolute atomic E-state index is 0.0985. The lowest BCUT2D eigenvalue weighted by Crippen LogP contribution is -2.50. The summed E-state index contributed by atoms with van der Waals surface area (Å²) in [6.07, 6.45) is -0.554. The molecule has 0 amide bonds. The number of aromatic amines is 1. The Bertz CT molecular complexity index is 1270. The average Bonchev–Trinajstić information content (AvgIpc) is 3.08. The molecule has 14 heteroatoms. The van der Waals surface area contributed by atoms with Crippen LogP contribution in [0.3, 0.4) is 0 Å². The predicted octanol–water partition coefficient (Wildman–Crippen LogP) is 0.668. The molecule has 0 aliphatic carbocycles. The summed E-state index contributed by atoms with van der Waals surface area (Å²) in [6.45, 7) is 0.623. The lowest BCUT2D eigenvalue weighted by atomic mass is 9.95. The van der Waals surface area contributed by atoms with Crippen molar-refractivity contribution in [2.75, 3.05) is 6.61 Å². The quantitative estimate of drug-likeness (QED) is 0.201. The van der Waals surface area contributed by atoms with Gasteiger partial charge in [-0.1, -0.05) is 35.4 Å². The van der Waals surface area contributed by atoms with E-state index in [0.717, 1.165) is 10.8 Å².